The second-order valence-electron chi connectivity index (χ2n) is 18.9. The molecule has 0 bridgehead atoms. The highest BCUT2D eigenvalue weighted by Crippen LogP contribution is 2.41. The molecule has 0 unspecified atom stereocenters. The van der Waals surface area contributed by atoms with Gasteiger partial charge < -0.3 is 28.9 Å². The van der Waals surface area contributed by atoms with Gasteiger partial charge in [-0.05, 0) is 138 Å². The van der Waals surface area contributed by atoms with Crippen LogP contribution in [0.3, 0.4) is 0 Å². The van der Waals surface area contributed by atoms with Crippen molar-refractivity contribution >= 4 is 82.8 Å². The third-order valence-electron chi connectivity index (χ3n) is 14.2. The first kappa shape index (κ1) is 45.6. The van der Waals surface area contributed by atoms with Crippen LogP contribution in [0.2, 0.25) is 0 Å². The van der Waals surface area contributed by atoms with Crippen LogP contribution in [0.4, 0.5) is 22.7 Å². The van der Waals surface area contributed by atoms with E-state index in [1.807, 2.05) is 30.3 Å². The number of halogens is 1. The van der Waals surface area contributed by atoms with Crippen LogP contribution < -0.4 is 10.6 Å². The predicted octanol–water partition coefficient (Wildman–Crippen LogP) is 18.0. The zero-order chi connectivity index (χ0) is 50.1. The van der Waals surface area contributed by atoms with E-state index < -0.39 is 0 Å². The van der Waals surface area contributed by atoms with E-state index >= 15 is 0 Å². The Labute approximate surface area is 444 Å². The van der Waals surface area contributed by atoms with Crippen molar-refractivity contribution in [3.8, 4) is 22.7 Å². The number of hydrogen-bond acceptors (Lipinski definition) is 2. The van der Waals surface area contributed by atoms with Gasteiger partial charge in [0.1, 0.15) is 0 Å². The molecule has 2 aliphatic heterocycles. The molecule has 7 heteroatoms. The first-order chi connectivity index (χ1) is 37.1. The lowest BCUT2D eigenvalue weighted by Crippen LogP contribution is -2.12. The molecular formula is C68H51BrN6. The Hall–Kier alpha value is -9.30. The fourth-order valence-electron chi connectivity index (χ4n) is 10.8. The SMILES string of the molecule is Brc1ccccc1.c1ccc(-n2c3ccccc3n(-c3ccccc3)c3cc4c(cc32)n(-c2ccccc2)c2ccccc2n4-c2ccccc2)cc1.c1ccc2c(c1)Cc1cc3c(cc1N2)Nc1ccccc1C3. The average Bonchev–Trinajstić information content (AvgIpc) is 3.52. The van der Waals surface area contributed by atoms with Crippen molar-refractivity contribution in [2.45, 2.75) is 12.8 Å². The molecule has 0 aliphatic carbocycles. The summed E-state index contributed by atoms with van der Waals surface area (Å²) in [6.45, 7) is 0. The summed E-state index contributed by atoms with van der Waals surface area (Å²) in [7, 11) is 0. The fraction of sp³-hybridized carbons (Fsp3) is 0.0294. The minimum atomic E-state index is 1.01. The number of rotatable bonds is 4. The Morgan fingerprint density at radius 2 is 0.520 bits per heavy atom. The van der Waals surface area contributed by atoms with Crippen LogP contribution >= 0.6 is 15.9 Å². The van der Waals surface area contributed by atoms with E-state index in [1.165, 1.54) is 45.0 Å². The van der Waals surface area contributed by atoms with Gasteiger partial charge >= 0.3 is 0 Å². The van der Waals surface area contributed by atoms with Crippen LogP contribution in [0.5, 0.6) is 0 Å². The molecule has 0 atom stereocenters. The molecule has 75 heavy (non-hydrogen) atoms. The number of nitrogens with one attached hydrogen (secondary N) is 2. The largest absolute Gasteiger partial charge is 0.355 e. The lowest BCUT2D eigenvalue weighted by Gasteiger charge is -2.27. The first-order valence-electron chi connectivity index (χ1n) is 25.5. The number of benzene rings is 11. The Balaban J connectivity index is 0.000000153. The van der Waals surface area contributed by atoms with Gasteiger partial charge in [0.05, 0.1) is 44.1 Å². The third-order valence-corrected chi connectivity index (χ3v) is 14.7. The molecule has 15 rings (SSSR count). The summed E-state index contributed by atoms with van der Waals surface area (Å²) in [6, 6.07) is 96.7. The second kappa shape index (κ2) is 20.0. The molecule has 0 fully saturated rings. The molecule has 0 radical (unpaired) electrons. The molecule has 2 aliphatic rings. The van der Waals surface area contributed by atoms with E-state index in [0.717, 1.165) is 84.2 Å². The smallest absolute Gasteiger partial charge is 0.0725 e. The molecule has 0 saturated heterocycles. The van der Waals surface area contributed by atoms with E-state index in [-0.39, 0.29) is 0 Å². The summed E-state index contributed by atoms with van der Waals surface area (Å²) >= 11 is 3.31. The molecule has 2 aromatic heterocycles. The van der Waals surface area contributed by atoms with Gasteiger partial charge in [-0.3, -0.25) is 0 Å². The van der Waals surface area contributed by atoms with E-state index in [2.05, 4.69) is 287 Å². The molecule has 2 N–H and O–H groups in total. The molecule has 0 amide bonds. The molecule has 4 heterocycles. The van der Waals surface area contributed by atoms with Gasteiger partial charge in [-0.25, -0.2) is 0 Å². The van der Waals surface area contributed by atoms with Crippen LogP contribution in [0.1, 0.15) is 22.3 Å². The number of nitrogens with zero attached hydrogens (tertiary/aromatic N) is 4. The quantitative estimate of drug-likeness (QED) is 0.173. The first-order valence-corrected chi connectivity index (χ1v) is 26.3. The van der Waals surface area contributed by atoms with E-state index in [0.29, 0.717) is 0 Å². The van der Waals surface area contributed by atoms with Crippen molar-refractivity contribution in [1.29, 1.82) is 0 Å². The topological polar surface area (TPSA) is 43.8 Å². The molecule has 0 spiro atoms. The van der Waals surface area contributed by atoms with Crippen LogP contribution in [0.15, 0.2) is 277 Å². The van der Waals surface area contributed by atoms with Crippen molar-refractivity contribution in [2.75, 3.05) is 10.6 Å². The van der Waals surface area contributed by atoms with Gasteiger partial charge in [-0.15, -0.1) is 0 Å². The van der Waals surface area contributed by atoms with Crippen LogP contribution in [0.25, 0.3) is 66.9 Å². The summed E-state index contributed by atoms with van der Waals surface area (Å²) in [5.74, 6) is 0. The van der Waals surface area contributed by atoms with Crippen LogP contribution in [0, 0.1) is 0 Å². The van der Waals surface area contributed by atoms with E-state index in [1.54, 1.807) is 0 Å². The summed E-state index contributed by atoms with van der Waals surface area (Å²) in [5, 5.41) is 7.15. The van der Waals surface area contributed by atoms with Crippen LogP contribution in [-0.4, -0.2) is 18.3 Å². The minimum Gasteiger partial charge on any atom is -0.355 e. The van der Waals surface area contributed by atoms with E-state index in [9.17, 15) is 0 Å². The highest BCUT2D eigenvalue weighted by Gasteiger charge is 2.22. The fourth-order valence-corrected chi connectivity index (χ4v) is 11.1. The zero-order valence-electron chi connectivity index (χ0n) is 41.1. The highest BCUT2D eigenvalue weighted by atomic mass is 79.9. The maximum absolute atomic E-state index is 3.57. The van der Waals surface area contributed by atoms with Crippen LogP contribution in [-0.2, 0) is 12.8 Å². The van der Waals surface area contributed by atoms with E-state index in [4.69, 9.17) is 0 Å². The van der Waals surface area contributed by atoms with Crippen molar-refractivity contribution in [1.82, 2.24) is 18.3 Å². The zero-order valence-corrected chi connectivity index (χ0v) is 42.6. The monoisotopic (exact) mass is 1030 g/mol. The van der Waals surface area contributed by atoms with Gasteiger partial charge in [-0.1, -0.05) is 174 Å². The van der Waals surface area contributed by atoms with Crippen molar-refractivity contribution in [3.63, 3.8) is 0 Å². The summed E-state index contributed by atoms with van der Waals surface area (Å²) in [4.78, 5) is 0. The lowest BCUT2D eigenvalue weighted by atomic mass is 9.91. The maximum Gasteiger partial charge on any atom is 0.0725 e. The molecule has 360 valence electrons. The third kappa shape index (κ3) is 8.73. The van der Waals surface area contributed by atoms with Gasteiger partial charge in [0, 0.05) is 62.8 Å². The van der Waals surface area contributed by atoms with Crippen molar-refractivity contribution < 1.29 is 0 Å². The number of para-hydroxylation sites is 10. The second-order valence-corrected chi connectivity index (χ2v) is 19.8. The summed E-state index contributed by atoms with van der Waals surface area (Å²) in [5.41, 5.74) is 23.9. The number of aromatic nitrogens is 4. The molecule has 13 aromatic rings. The standard InChI is InChI=1S/C42H30N4.C20H16N2.C6H5Br/c1-5-17-31(18-6-1)43-35-25-13-14-26-36(35)44(32-19-7-2-8-20-32)40-30-42-41(29-39(40)43)45(33-21-9-3-10-22-33)37-27-15-16-28-38(37)46(42)34-23-11-4-12-24-34;1-3-7-17-13(5-1)9-15-11-16-10-14-6-2-4-8-18(14)22-20(16)12-19(15)21-17;7-6-4-2-1-3-5-6/h1-30H;1-8,11-12,21-22H,9-10H2;1-5H. The highest BCUT2D eigenvalue weighted by molar-refractivity contribution is 9.10. The minimum absolute atomic E-state index is 1.01. The maximum atomic E-state index is 3.57. The number of fused-ring (bicyclic) bond motifs is 8. The van der Waals surface area contributed by atoms with Crippen molar-refractivity contribution in [3.05, 3.63) is 300 Å². The Kier molecular flexibility index (Phi) is 12.1. The predicted molar refractivity (Wildman–Crippen MR) is 317 cm³/mol. The molecule has 11 aromatic carbocycles. The van der Waals surface area contributed by atoms with Gasteiger partial charge in [0.25, 0.3) is 0 Å². The molecule has 0 saturated carbocycles. The van der Waals surface area contributed by atoms with Gasteiger partial charge in [0.2, 0.25) is 0 Å². The average molecular weight is 1030 g/mol. The molecular weight excluding hydrogens is 981 g/mol. The van der Waals surface area contributed by atoms with Crippen molar-refractivity contribution in [2.24, 2.45) is 0 Å². The lowest BCUT2D eigenvalue weighted by molar-refractivity contribution is 1.06. The molecule has 6 nitrogen and oxygen atoms in total. The Morgan fingerprint density at radius 3 is 0.827 bits per heavy atom. The summed E-state index contributed by atoms with van der Waals surface area (Å²) < 4.78 is 10.7. The Bertz CT molecular complexity index is 3730. The Morgan fingerprint density at radius 1 is 0.240 bits per heavy atom. The van der Waals surface area contributed by atoms with Gasteiger partial charge in [-0.2, -0.15) is 0 Å². The number of hydrogen-bond donors (Lipinski definition) is 2. The van der Waals surface area contributed by atoms with Gasteiger partial charge in [0.15, 0.2) is 0 Å². The number of anilines is 4. The summed E-state index contributed by atoms with van der Waals surface area (Å²) in [6.07, 6.45) is 2.01. The normalized spacial score (nSPS) is 11.9.